The fourth-order valence-corrected chi connectivity index (χ4v) is 1.83. The van der Waals surface area contributed by atoms with Crippen LogP contribution in [0.4, 0.5) is 15.8 Å². The summed E-state index contributed by atoms with van der Waals surface area (Å²) in [7, 11) is 0. The molecule has 0 aliphatic carbocycles. The average molecular weight is 279 g/mol. The van der Waals surface area contributed by atoms with Gasteiger partial charge in [0.15, 0.2) is 0 Å². The number of anilines is 2. The van der Waals surface area contributed by atoms with Crippen LogP contribution in [0.15, 0.2) is 36.4 Å². The van der Waals surface area contributed by atoms with Crippen LogP contribution in [0.3, 0.4) is 0 Å². The van der Waals surface area contributed by atoms with Crippen LogP contribution < -0.4 is 11.1 Å². The Kier molecular flexibility index (Phi) is 3.71. The van der Waals surface area contributed by atoms with Crippen LogP contribution in [0.2, 0.25) is 5.02 Å². The Balaban J connectivity index is 2.31. The number of carbonyl (C=O) groups is 1. The molecule has 0 unspecified atom stereocenters. The minimum Gasteiger partial charge on any atom is -0.398 e. The Morgan fingerprint density at radius 1 is 1.32 bits per heavy atom. The molecule has 0 atom stereocenters. The maximum absolute atomic E-state index is 13.1. The highest BCUT2D eigenvalue weighted by atomic mass is 35.5. The van der Waals surface area contributed by atoms with E-state index in [-0.39, 0.29) is 10.7 Å². The lowest BCUT2D eigenvalue weighted by molar-refractivity contribution is 0.102. The van der Waals surface area contributed by atoms with Crippen molar-refractivity contribution in [1.82, 2.24) is 0 Å². The molecule has 2 aromatic rings. The number of nitrogen functional groups attached to an aromatic ring is 1. The predicted octanol–water partition coefficient (Wildman–Crippen LogP) is 3.62. The molecule has 19 heavy (non-hydrogen) atoms. The molecule has 0 bridgehead atoms. The number of nitrogens with one attached hydrogen (secondary N) is 1. The van der Waals surface area contributed by atoms with Crippen LogP contribution in [-0.4, -0.2) is 5.91 Å². The smallest absolute Gasteiger partial charge is 0.257 e. The number of nitrogens with two attached hydrogens (primary N) is 1. The van der Waals surface area contributed by atoms with Gasteiger partial charge >= 0.3 is 0 Å². The molecule has 3 nitrogen and oxygen atoms in total. The van der Waals surface area contributed by atoms with Crippen molar-refractivity contribution in [2.24, 2.45) is 0 Å². The molecular weight excluding hydrogens is 267 g/mol. The van der Waals surface area contributed by atoms with E-state index in [0.29, 0.717) is 11.3 Å². The monoisotopic (exact) mass is 278 g/mol. The van der Waals surface area contributed by atoms with Gasteiger partial charge in [-0.15, -0.1) is 0 Å². The van der Waals surface area contributed by atoms with E-state index in [0.717, 1.165) is 11.6 Å². The van der Waals surface area contributed by atoms with Crippen molar-refractivity contribution in [3.8, 4) is 0 Å². The zero-order chi connectivity index (χ0) is 14.0. The van der Waals surface area contributed by atoms with Gasteiger partial charge in [0.05, 0.1) is 16.3 Å². The Morgan fingerprint density at radius 2 is 2.05 bits per heavy atom. The fraction of sp³-hybridized carbons (Fsp3) is 0.0714. The van der Waals surface area contributed by atoms with Crippen molar-refractivity contribution in [3.63, 3.8) is 0 Å². The first-order valence-corrected chi connectivity index (χ1v) is 5.98. The van der Waals surface area contributed by atoms with Crippen molar-refractivity contribution in [1.29, 1.82) is 0 Å². The van der Waals surface area contributed by atoms with Crippen molar-refractivity contribution >= 4 is 28.9 Å². The highest BCUT2D eigenvalue weighted by molar-refractivity contribution is 6.34. The van der Waals surface area contributed by atoms with Crippen molar-refractivity contribution in [2.45, 2.75) is 6.92 Å². The first-order valence-electron chi connectivity index (χ1n) is 5.60. The fourth-order valence-electron chi connectivity index (χ4n) is 1.66. The van der Waals surface area contributed by atoms with E-state index in [1.165, 1.54) is 12.1 Å². The van der Waals surface area contributed by atoms with E-state index in [1.807, 2.05) is 0 Å². The lowest BCUT2D eigenvalue weighted by Gasteiger charge is -2.10. The summed E-state index contributed by atoms with van der Waals surface area (Å²) in [5.41, 5.74) is 7.59. The second kappa shape index (κ2) is 5.28. The van der Waals surface area contributed by atoms with Gasteiger partial charge in [-0.3, -0.25) is 4.79 Å². The second-order valence-corrected chi connectivity index (χ2v) is 4.52. The largest absolute Gasteiger partial charge is 0.398 e. The lowest BCUT2D eigenvalue weighted by Crippen LogP contribution is -2.15. The van der Waals surface area contributed by atoms with Crippen LogP contribution >= 0.6 is 11.6 Å². The number of amides is 1. The summed E-state index contributed by atoms with van der Waals surface area (Å²) in [6, 6.07) is 8.90. The summed E-state index contributed by atoms with van der Waals surface area (Å²) in [6.07, 6.45) is 0. The maximum Gasteiger partial charge on any atom is 0.257 e. The summed E-state index contributed by atoms with van der Waals surface area (Å²) in [6.45, 7) is 1.81. The third kappa shape index (κ3) is 2.85. The molecule has 0 fully saturated rings. The molecule has 5 heteroatoms. The van der Waals surface area contributed by atoms with E-state index in [2.05, 4.69) is 5.32 Å². The van der Waals surface area contributed by atoms with Crippen molar-refractivity contribution < 1.29 is 9.18 Å². The molecule has 2 aromatic carbocycles. The maximum atomic E-state index is 13.1. The van der Waals surface area contributed by atoms with Gasteiger partial charge in [-0.1, -0.05) is 23.7 Å². The van der Waals surface area contributed by atoms with E-state index in [9.17, 15) is 9.18 Å². The predicted molar refractivity (Wildman–Crippen MR) is 75.0 cm³/mol. The molecule has 0 aromatic heterocycles. The van der Waals surface area contributed by atoms with Crippen LogP contribution in [0.25, 0.3) is 0 Å². The summed E-state index contributed by atoms with van der Waals surface area (Å²) < 4.78 is 13.1. The number of para-hydroxylation sites is 1. The summed E-state index contributed by atoms with van der Waals surface area (Å²) >= 11 is 5.89. The van der Waals surface area contributed by atoms with Crippen molar-refractivity contribution in [2.75, 3.05) is 11.1 Å². The summed E-state index contributed by atoms with van der Waals surface area (Å²) in [5.74, 6) is -0.898. The Bertz CT molecular complexity index is 643. The Morgan fingerprint density at radius 3 is 2.79 bits per heavy atom. The first-order chi connectivity index (χ1) is 8.99. The molecular formula is C14H12ClFN2O. The van der Waals surface area contributed by atoms with E-state index in [1.54, 1.807) is 25.1 Å². The molecule has 0 saturated heterocycles. The molecule has 0 aliphatic heterocycles. The first kappa shape index (κ1) is 13.4. The van der Waals surface area contributed by atoms with E-state index < -0.39 is 11.7 Å². The lowest BCUT2D eigenvalue weighted by atomic mass is 10.1. The Labute approximate surface area is 115 Å². The standard InChI is InChI=1S/C14H12ClFN2O/c1-8-3-2-4-10(13(8)17)14(19)18-12-7-9(16)5-6-11(12)15/h2-7H,17H2,1H3,(H,18,19). The number of hydrogen-bond acceptors (Lipinski definition) is 2. The van der Waals surface area contributed by atoms with Crippen LogP contribution in [-0.2, 0) is 0 Å². The van der Waals surface area contributed by atoms with E-state index in [4.69, 9.17) is 17.3 Å². The SMILES string of the molecule is Cc1cccc(C(=O)Nc2cc(F)ccc2Cl)c1N. The normalized spacial score (nSPS) is 10.3. The van der Waals surface area contributed by atoms with Gasteiger partial charge in [-0.05, 0) is 36.8 Å². The quantitative estimate of drug-likeness (QED) is 0.824. The zero-order valence-electron chi connectivity index (χ0n) is 10.2. The number of aryl methyl sites for hydroxylation is 1. The van der Waals surface area contributed by atoms with Gasteiger partial charge in [-0.2, -0.15) is 0 Å². The topological polar surface area (TPSA) is 55.1 Å². The van der Waals surface area contributed by atoms with Gasteiger partial charge in [0.2, 0.25) is 0 Å². The zero-order valence-corrected chi connectivity index (χ0v) is 11.0. The molecule has 0 saturated carbocycles. The van der Waals surface area contributed by atoms with Crippen molar-refractivity contribution in [3.05, 3.63) is 58.4 Å². The summed E-state index contributed by atoms with van der Waals surface area (Å²) in [4.78, 5) is 12.1. The Hall–Kier alpha value is -2.07. The number of carbonyl (C=O) groups excluding carboxylic acids is 1. The number of benzene rings is 2. The third-order valence-electron chi connectivity index (χ3n) is 2.75. The second-order valence-electron chi connectivity index (χ2n) is 4.11. The molecule has 98 valence electrons. The highest BCUT2D eigenvalue weighted by Crippen LogP contribution is 2.24. The van der Waals surface area contributed by atoms with Crippen LogP contribution in [0, 0.1) is 12.7 Å². The van der Waals surface area contributed by atoms with E-state index >= 15 is 0 Å². The molecule has 2 rings (SSSR count). The van der Waals surface area contributed by atoms with Gasteiger partial charge < -0.3 is 11.1 Å². The third-order valence-corrected chi connectivity index (χ3v) is 3.07. The number of rotatable bonds is 2. The molecule has 0 heterocycles. The molecule has 0 aliphatic rings. The van der Waals surface area contributed by atoms with Gasteiger partial charge in [0.1, 0.15) is 5.82 Å². The number of halogens is 2. The molecule has 0 radical (unpaired) electrons. The minimum atomic E-state index is -0.475. The highest BCUT2D eigenvalue weighted by Gasteiger charge is 2.13. The average Bonchev–Trinajstić information content (AvgIpc) is 2.37. The molecule has 3 N–H and O–H groups in total. The van der Waals surface area contributed by atoms with Gasteiger partial charge in [-0.25, -0.2) is 4.39 Å². The van der Waals surface area contributed by atoms with Crippen LogP contribution in [0.1, 0.15) is 15.9 Å². The minimum absolute atomic E-state index is 0.215. The van der Waals surface area contributed by atoms with Gasteiger partial charge in [0, 0.05) is 5.69 Å². The van der Waals surface area contributed by atoms with Gasteiger partial charge in [0.25, 0.3) is 5.91 Å². The summed E-state index contributed by atoms with van der Waals surface area (Å²) in [5, 5.41) is 2.81. The molecule has 1 amide bonds. The number of hydrogen-bond donors (Lipinski definition) is 2. The van der Waals surface area contributed by atoms with Crippen LogP contribution in [0.5, 0.6) is 0 Å². The molecule has 0 spiro atoms.